The molecule has 74 valence electrons. The molecule has 2 rings (SSSR count). The average molecular weight is 261 g/mol. The molecule has 0 unspecified atom stereocenters. The number of allylic oxidation sites excluding steroid dienone is 1. The van der Waals surface area contributed by atoms with Crippen LogP contribution >= 0.6 is 15.9 Å². The Morgan fingerprint density at radius 2 is 2.07 bits per heavy atom. The fourth-order valence-corrected chi connectivity index (χ4v) is 2.03. The normalized spacial score (nSPS) is 10.2. The number of benzene rings is 2. The fraction of sp³-hybridized carbons (Fsp3) is 0. The highest BCUT2D eigenvalue weighted by molar-refractivity contribution is 9.10. The van der Waals surface area contributed by atoms with Crippen LogP contribution in [0.5, 0.6) is 0 Å². The van der Waals surface area contributed by atoms with Gasteiger partial charge >= 0.3 is 0 Å². The zero-order valence-corrected chi connectivity index (χ0v) is 9.62. The summed E-state index contributed by atoms with van der Waals surface area (Å²) in [6.07, 6.45) is 1.33. The monoisotopic (exact) mass is 260 g/mol. The van der Waals surface area contributed by atoms with E-state index in [-0.39, 0.29) is 5.78 Å². The molecule has 2 heteroatoms. The second-order valence-electron chi connectivity index (χ2n) is 3.24. The third-order valence-corrected chi connectivity index (χ3v) is 2.99. The first-order valence-electron chi connectivity index (χ1n) is 4.57. The van der Waals surface area contributed by atoms with Gasteiger partial charge in [-0.25, -0.2) is 0 Å². The van der Waals surface area contributed by atoms with Crippen LogP contribution < -0.4 is 0 Å². The number of carbonyl (C=O) groups is 1. The minimum absolute atomic E-state index is 0.0446. The second-order valence-corrected chi connectivity index (χ2v) is 4.10. The summed E-state index contributed by atoms with van der Waals surface area (Å²) in [5.41, 5.74) is 0.676. The van der Waals surface area contributed by atoms with Gasteiger partial charge in [-0.1, -0.05) is 46.8 Å². The van der Waals surface area contributed by atoms with E-state index in [1.165, 1.54) is 6.08 Å². The lowest BCUT2D eigenvalue weighted by Crippen LogP contribution is -1.92. The minimum Gasteiger partial charge on any atom is -0.289 e. The molecule has 0 aliphatic carbocycles. The highest BCUT2D eigenvalue weighted by Crippen LogP contribution is 2.24. The first-order valence-corrected chi connectivity index (χ1v) is 5.37. The van der Waals surface area contributed by atoms with E-state index in [2.05, 4.69) is 22.5 Å². The minimum atomic E-state index is -0.0446. The van der Waals surface area contributed by atoms with Crippen molar-refractivity contribution in [3.05, 3.63) is 59.1 Å². The molecule has 0 aliphatic heterocycles. The molecule has 0 N–H and O–H groups in total. The maximum Gasteiger partial charge on any atom is 0.185 e. The lowest BCUT2D eigenvalue weighted by atomic mass is 10.0. The van der Waals surface area contributed by atoms with Crippen LogP contribution in [-0.2, 0) is 0 Å². The Labute approximate surface area is 96.5 Å². The van der Waals surface area contributed by atoms with Crippen molar-refractivity contribution in [2.75, 3.05) is 0 Å². The van der Waals surface area contributed by atoms with E-state index >= 15 is 0 Å². The van der Waals surface area contributed by atoms with Crippen molar-refractivity contribution in [3.63, 3.8) is 0 Å². The van der Waals surface area contributed by atoms with Crippen LogP contribution in [0.3, 0.4) is 0 Å². The zero-order chi connectivity index (χ0) is 10.8. The summed E-state index contributed by atoms with van der Waals surface area (Å²) >= 11 is 3.47. The van der Waals surface area contributed by atoms with Crippen LogP contribution in [0.2, 0.25) is 0 Å². The quantitative estimate of drug-likeness (QED) is 0.590. The lowest BCUT2D eigenvalue weighted by Gasteiger charge is -2.02. The first-order chi connectivity index (χ1) is 7.22. The second kappa shape index (κ2) is 3.99. The summed E-state index contributed by atoms with van der Waals surface area (Å²) in [4.78, 5) is 11.4. The summed E-state index contributed by atoms with van der Waals surface area (Å²) < 4.78 is 1.04. The summed E-state index contributed by atoms with van der Waals surface area (Å²) in [5.74, 6) is -0.0446. The Balaban J connectivity index is 2.67. The highest BCUT2D eigenvalue weighted by atomic mass is 79.9. The average Bonchev–Trinajstić information content (AvgIpc) is 2.28. The summed E-state index contributed by atoms with van der Waals surface area (Å²) in [6.45, 7) is 3.48. The van der Waals surface area contributed by atoms with E-state index in [0.29, 0.717) is 5.56 Å². The summed E-state index contributed by atoms with van der Waals surface area (Å²) in [5, 5.41) is 2.16. The summed E-state index contributed by atoms with van der Waals surface area (Å²) in [7, 11) is 0. The molecule has 0 fully saturated rings. The fourth-order valence-electron chi connectivity index (χ4n) is 1.52. The zero-order valence-electron chi connectivity index (χ0n) is 8.03. The van der Waals surface area contributed by atoms with Crippen molar-refractivity contribution in [1.29, 1.82) is 0 Å². The van der Waals surface area contributed by atoms with Crippen molar-refractivity contribution >= 4 is 32.5 Å². The van der Waals surface area contributed by atoms with Crippen LogP contribution in [0.25, 0.3) is 10.8 Å². The number of rotatable bonds is 2. The van der Waals surface area contributed by atoms with Crippen LogP contribution in [-0.4, -0.2) is 5.78 Å². The molecule has 15 heavy (non-hydrogen) atoms. The molecular formula is C13H9BrO. The Hall–Kier alpha value is -1.41. The van der Waals surface area contributed by atoms with Gasteiger partial charge in [-0.05, 0) is 29.0 Å². The number of halogens is 1. The maximum atomic E-state index is 11.4. The number of hydrogen-bond donors (Lipinski definition) is 0. The predicted octanol–water partition coefficient (Wildman–Crippen LogP) is 3.97. The largest absolute Gasteiger partial charge is 0.289 e. The van der Waals surface area contributed by atoms with Gasteiger partial charge in [-0.15, -0.1) is 0 Å². The van der Waals surface area contributed by atoms with Gasteiger partial charge in [0.05, 0.1) is 0 Å². The summed E-state index contributed by atoms with van der Waals surface area (Å²) in [6, 6.07) is 11.6. The molecule has 0 bridgehead atoms. The lowest BCUT2D eigenvalue weighted by molar-refractivity contribution is 0.104. The van der Waals surface area contributed by atoms with Crippen molar-refractivity contribution in [2.45, 2.75) is 0 Å². The van der Waals surface area contributed by atoms with E-state index in [4.69, 9.17) is 0 Å². The predicted molar refractivity (Wildman–Crippen MR) is 66.2 cm³/mol. The third-order valence-electron chi connectivity index (χ3n) is 2.30. The first kappa shape index (κ1) is 10.1. The van der Waals surface area contributed by atoms with Crippen LogP contribution in [0, 0.1) is 0 Å². The van der Waals surface area contributed by atoms with Crippen molar-refractivity contribution < 1.29 is 4.79 Å². The molecule has 0 saturated heterocycles. The van der Waals surface area contributed by atoms with Gasteiger partial charge in [0.25, 0.3) is 0 Å². The Bertz CT molecular complexity index is 543. The van der Waals surface area contributed by atoms with Crippen molar-refractivity contribution in [2.24, 2.45) is 0 Å². The molecule has 0 spiro atoms. The Morgan fingerprint density at radius 3 is 2.80 bits per heavy atom. The van der Waals surface area contributed by atoms with E-state index < -0.39 is 0 Å². The van der Waals surface area contributed by atoms with Crippen LogP contribution in [0.1, 0.15) is 10.4 Å². The van der Waals surface area contributed by atoms with Gasteiger partial charge in [0.15, 0.2) is 5.78 Å². The highest BCUT2D eigenvalue weighted by Gasteiger charge is 2.03. The standard InChI is InChI=1S/C13H9BrO/c1-2-13(15)10-6-7-11-9(8-10)4-3-5-12(11)14/h2-8H,1H2. The van der Waals surface area contributed by atoms with Crippen LogP contribution in [0.15, 0.2) is 53.5 Å². The number of ketones is 1. The van der Waals surface area contributed by atoms with Gasteiger partial charge in [0.1, 0.15) is 0 Å². The van der Waals surface area contributed by atoms with E-state index in [9.17, 15) is 4.79 Å². The van der Waals surface area contributed by atoms with Gasteiger partial charge in [-0.2, -0.15) is 0 Å². The molecular weight excluding hydrogens is 252 g/mol. The molecule has 0 atom stereocenters. The van der Waals surface area contributed by atoms with Crippen molar-refractivity contribution in [3.8, 4) is 0 Å². The number of fused-ring (bicyclic) bond motifs is 1. The van der Waals surface area contributed by atoms with E-state index in [0.717, 1.165) is 15.2 Å². The van der Waals surface area contributed by atoms with Gasteiger partial charge in [0, 0.05) is 10.0 Å². The number of hydrogen-bond acceptors (Lipinski definition) is 1. The number of carbonyl (C=O) groups excluding carboxylic acids is 1. The maximum absolute atomic E-state index is 11.4. The molecule has 0 aromatic heterocycles. The molecule has 0 saturated carbocycles. The molecule has 0 aliphatic rings. The Kier molecular flexibility index (Phi) is 2.69. The topological polar surface area (TPSA) is 17.1 Å². The van der Waals surface area contributed by atoms with Gasteiger partial charge in [0.2, 0.25) is 0 Å². The van der Waals surface area contributed by atoms with Gasteiger partial charge < -0.3 is 0 Å². The molecule has 0 radical (unpaired) electrons. The molecule has 1 nitrogen and oxygen atoms in total. The van der Waals surface area contributed by atoms with Crippen molar-refractivity contribution in [1.82, 2.24) is 0 Å². The van der Waals surface area contributed by atoms with E-state index in [1.54, 1.807) is 0 Å². The molecule has 2 aromatic carbocycles. The SMILES string of the molecule is C=CC(=O)c1ccc2c(Br)cccc2c1. The third kappa shape index (κ3) is 1.85. The molecule has 2 aromatic rings. The Morgan fingerprint density at radius 1 is 1.27 bits per heavy atom. The molecule has 0 amide bonds. The molecule has 0 heterocycles. The van der Waals surface area contributed by atoms with Gasteiger partial charge in [-0.3, -0.25) is 4.79 Å². The van der Waals surface area contributed by atoms with Crippen LogP contribution in [0.4, 0.5) is 0 Å². The smallest absolute Gasteiger partial charge is 0.185 e. The van der Waals surface area contributed by atoms with E-state index in [1.807, 2.05) is 36.4 Å².